The highest BCUT2D eigenvalue weighted by Gasteiger charge is 2.44. The second-order valence-electron chi connectivity index (χ2n) is 19.9. The number of fused-ring (bicyclic) bond motifs is 6. The third-order valence-corrected chi connectivity index (χ3v) is 25.6. The van der Waals surface area contributed by atoms with Crippen LogP contribution in [0.3, 0.4) is 0 Å². The van der Waals surface area contributed by atoms with Crippen LogP contribution in [0.5, 0.6) is 0 Å². The zero-order valence-corrected chi connectivity index (χ0v) is 43.9. The normalized spacial score (nSPS) is 11.9. The highest BCUT2D eigenvalue weighted by molar-refractivity contribution is 7.21. The molecular formula is C72H52N2Si2. The van der Waals surface area contributed by atoms with E-state index in [1.807, 2.05) is 0 Å². The van der Waals surface area contributed by atoms with E-state index in [0.29, 0.717) is 0 Å². The van der Waals surface area contributed by atoms with Crippen LogP contribution in [0.1, 0.15) is 0 Å². The van der Waals surface area contributed by atoms with Crippen molar-refractivity contribution in [1.29, 1.82) is 0 Å². The van der Waals surface area contributed by atoms with Crippen LogP contribution in [0.25, 0.3) is 66.1 Å². The monoisotopic (exact) mass is 1000 g/mol. The molecule has 0 saturated carbocycles. The summed E-state index contributed by atoms with van der Waals surface area (Å²) in [5.74, 6) is 0. The molecule has 4 heteroatoms. The Morgan fingerprint density at radius 3 is 1.17 bits per heavy atom. The average Bonchev–Trinajstić information content (AvgIpc) is 4.14. The molecule has 0 saturated heterocycles. The predicted molar refractivity (Wildman–Crippen MR) is 328 cm³/mol. The molecule has 76 heavy (non-hydrogen) atoms. The summed E-state index contributed by atoms with van der Waals surface area (Å²) in [6, 6.07) is 118. The summed E-state index contributed by atoms with van der Waals surface area (Å²) in [5.41, 5.74) is 9.46. The van der Waals surface area contributed by atoms with Crippen molar-refractivity contribution in [2.45, 2.75) is 0 Å². The maximum atomic E-state index is 2.52. The second-order valence-corrected chi connectivity index (χ2v) is 27.5. The molecular weight excluding hydrogens is 949 g/mol. The molecule has 0 fully saturated rings. The maximum absolute atomic E-state index is 2.94. The Labute approximate surface area is 445 Å². The summed E-state index contributed by atoms with van der Waals surface area (Å²) in [7, 11) is -5.84. The first-order valence-corrected chi connectivity index (χ1v) is 30.3. The van der Waals surface area contributed by atoms with Crippen molar-refractivity contribution >= 4 is 101 Å². The first-order chi connectivity index (χ1) is 37.7. The molecule has 358 valence electrons. The number of hydrogen-bond acceptors (Lipinski definition) is 0. The van der Waals surface area contributed by atoms with Gasteiger partial charge in [0.05, 0.1) is 22.1 Å². The Hall–Kier alpha value is -9.33. The van der Waals surface area contributed by atoms with E-state index < -0.39 is 16.1 Å². The predicted octanol–water partition coefficient (Wildman–Crippen LogP) is 12.3. The van der Waals surface area contributed by atoms with E-state index in [-0.39, 0.29) is 0 Å². The molecule has 0 atom stereocenters. The SMILES string of the molecule is c1ccc(-c2cccc([Si](c3ccccc3)(c3ccccc3)c3cccc(-n4c5ccccc5c5cc(-n6c7ccccc7c7c([Si](c8ccccc8)(c8ccccc8)c8ccccc8)cccc76)ccc54)c3)c2)cc1. The number of para-hydroxylation sites is 2. The number of aromatic nitrogens is 2. The second kappa shape index (κ2) is 18.9. The fourth-order valence-corrected chi connectivity index (χ4v) is 22.6. The van der Waals surface area contributed by atoms with Crippen LogP contribution in [0.4, 0.5) is 0 Å². The van der Waals surface area contributed by atoms with Crippen molar-refractivity contribution in [3.8, 4) is 22.5 Å². The Morgan fingerprint density at radius 1 is 0.211 bits per heavy atom. The summed E-state index contributed by atoms with van der Waals surface area (Å²) in [5, 5.41) is 15.9. The molecule has 12 aromatic carbocycles. The van der Waals surface area contributed by atoms with Gasteiger partial charge in [-0.05, 0) is 101 Å². The van der Waals surface area contributed by atoms with Crippen LogP contribution in [0.15, 0.2) is 315 Å². The highest BCUT2D eigenvalue weighted by atomic mass is 28.3. The van der Waals surface area contributed by atoms with Crippen molar-refractivity contribution in [3.63, 3.8) is 0 Å². The molecule has 0 aliphatic carbocycles. The molecule has 14 rings (SSSR count). The lowest BCUT2D eigenvalue weighted by Gasteiger charge is -2.35. The van der Waals surface area contributed by atoms with E-state index in [9.17, 15) is 0 Å². The molecule has 0 aliphatic rings. The highest BCUT2D eigenvalue weighted by Crippen LogP contribution is 2.37. The van der Waals surface area contributed by atoms with E-state index in [0.717, 1.165) is 11.4 Å². The van der Waals surface area contributed by atoms with Gasteiger partial charge in [-0.25, -0.2) is 0 Å². The fourth-order valence-electron chi connectivity index (χ4n) is 12.8. The molecule has 0 unspecified atom stereocenters. The number of hydrogen-bond donors (Lipinski definition) is 0. The van der Waals surface area contributed by atoms with Gasteiger partial charge in [0.25, 0.3) is 0 Å². The smallest absolute Gasteiger partial charge is 0.180 e. The molecule has 0 radical (unpaired) electrons. The van der Waals surface area contributed by atoms with Gasteiger partial charge in [0.1, 0.15) is 0 Å². The van der Waals surface area contributed by atoms with Gasteiger partial charge in [0.2, 0.25) is 0 Å². The lowest BCUT2D eigenvalue weighted by molar-refractivity contribution is 1.17. The first-order valence-electron chi connectivity index (χ1n) is 26.3. The summed E-state index contributed by atoms with van der Waals surface area (Å²) in [4.78, 5) is 0. The Balaban J connectivity index is 0.992. The van der Waals surface area contributed by atoms with Gasteiger partial charge in [-0.15, -0.1) is 0 Å². The van der Waals surface area contributed by atoms with Gasteiger partial charge in [-0.2, -0.15) is 0 Å². The van der Waals surface area contributed by atoms with E-state index in [2.05, 4.69) is 325 Å². The minimum Gasteiger partial charge on any atom is -0.309 e. The lowest BCUT2D eigenvalue weighted by atomic mass is 10.1. The van der Waals surface area contributed by atoms with E-state index >= 15 is 0 Å². The average molecular weight is 1000 g/mol. The van der Waals surface area contributed by atoms with E-state index in [1.165, 1.54) is 96.2 Å². The van der Waals surface area contributed by atoms with Gasteiger partial charge in [0.15, 0.2) is 16.1 Å². The minimum absolute atomic E-state index is 1.14. The third-order valence-electron chi connectivity index (χ3n) is 16.0. The Kier molecular flexibility index (Phi) is 11.2. The van der Waals surface area contributed by atoms with Gasteiger partial charge in [0, 0.05) is 32.9 Å². The molecule has 0 bridgehead atoms. The summed E-state index contributed by atoms with van der Waals surface area (Å²) < 4.78 is 5.01. The zero-order chi connectivity index (χ0) is 50.5. The summed E-state index contributed by atoms with van der Waals surface area (Å²) in [6.07, 6.45) is 0. The number of benzene rings is 12. The quantitative estimate of drug-likeness (QED) is 0.0903. The molecule has 2 heterocycles. The Bertz CT molecular complexity index is 4240. The molecule has 2 aromatic heterocycles. The molecule has 0 aliphatic heterocycles. The van der Waals surface area contributed by atoms with Gasteiger partial charge in [-0.1, -0.05) is 267 Å². The maximum Gasteiger partial charge on any atom is 0.180 e. The molecule has 0 spiro atoms. The van der Waals surface area contributed by atoms with Crippen molar-refractivity contribution in [2.75, 3.05) is 0 Å². The third kappa shape index (κ3) is 7.14. The topological polar surface area (TPSA) is 9.86 Å². The van der Waals surface area contributed by atoms with Crippen molar-refractivity contribution in [3.05, 3.63) is 315 Å². The summed E-state index contributed by atoms with van der Waals surface area (Å²) in [6.45, 7) is 0. The minimum atomic E-state index is -2.94. The number of rotatable bonds is 11. The summed E-state index contributed by atoms with van der Waals surface area (Å²) >= 11 is 0. The van der Waals surface area contributed by atoms with E-state index in [1.54, 1.807) is 0 Å². The van der Waals surface area contributed by atoms with Gasteiger partial charge in [-0.3, -0.25) is 0 Å². The van der Waals surface area contributed by atoms with Crippen LogP contribution in [-0.4, -0.2) is 25.3 Å². The molecule has 0 N–H and O–H groups in total. The number of nitrogens with zero attached hydrogens (tertiary/aromatic N) is 2. The van der Waals surface area contributed by atoms with E-state index in [4.69, 9.17) is 0 Å². The van der Waals surface area contributed by atoms with Crippen molar-refractivity contribution < 1.29 is 0 Å². The molecule has 14 aromatic rings. The van der Waals surface area contributed by atoms with Crippen molar-refractivity contribution in [2.24, 2.45) is 0 Å². The van der Waals surface area contributed by atoms with Crippen LogP contribution in [0, 0.1) is 0 Å². The fraction of sp³-hybridized carbons (Fsp3) is 0. The standard InChI is InChI=1S/C72H52N2Si2/c1-7-26-53(27-8-1)54-28-23-40-62(50-54)75(57-30-9-2-10-31-57,58-32-11-3-12-33-58)63-41-24-29-55(51-63)73-67-44-21-19-42-64(67)66-52-56(48-49-69(66)73)74-68-45-22-20-43-65(68)72-70(74)46-25-47-71(72)76(59-34-13-4-14-35-59,60-36-15-5-16-37-60)61-38-17-6-18-39-61/h1-52H. The molecule has 0 amide bonds. The zero-order valence-electron chi connectivity index (χ0n) is 41.9. The lowest BCUT2D eigenvalue weighted by Crippen LogP contribution is -2.74. The van der Waals surface area contributed by atoms with Crippen LogP contribution < -0.4 is 41.5 Å². The van der Waals surface area contributed by atoms with Gasteiger partial charge >= 0.3 is 0 Å². The van der Waals surface area contributed by atoms with Crippen molar-refractivity contribution in [1.82, 2.24) is 9.13 Å². The Morgan fingerprint density at radius 2 is 0.592 bits per heavy atom. The van der Waals surface area contributed by atoms with Gasteiger partial charge < -0.3 is 9.13 Å². The molecule has 2 nitrogen and oxygen atoms in total. The van der Waals surface area contributed by atoms with Crippen LogP contribution in [-0.2, 0) is 0 Å². The van der Waals surface area contributed by atoms with Crippen LogP contribution >= 0.6 is 0 Å². The van der Waals surface area contributed by atoms with Crippen LogP contribution in [0.2, 0.25) is 0 Å². The largest absolute Gasteiger partial charge is 0.309 e. The first kappa shape index (κ1) is 45.3.